The predicted octanol–water partition coefficient (Wildman–Crippen LogP) is 2.41. The van der Waals surface area contributed by atoms with E-state index in [4.69, 9.17) is 9.84 Å². The van der Waals surface area contributed by atoms with Crippen molar-refractivity contribution in [1.29, 1.82) is 0 Å². The van der Waals surface area contributed by atoms with Crippen molar-refractivity contribution in [3.8, 4) is 0 Å². The molecule has 80 valence electrons. The van der Waals surface area contributed by atoms with Crippen LogP contribution in [-0.2, 0) is 9.53 Å². The maximum absolute atomic E-state index is 9.86. The zero-order chi connectivity index (χ0) is 11.4. The molecule has 0 spiro atoms. The molecule has 0 aliphatic carbocycles. The van der Waals surface area contributed by atoms with Gasteiger partial charge < -0.3 is 9.84 Å². The second-order valence-corrected chi connectivity index (χ2v) is 2.39. The Kier molecular flexibility index (Phi) is 12.6. The molecule has 0 saturated heterocycles. The largest absolute Gasteiger partial charge is 0.478 e. The fraction of sp³-hybridized carbons (Fsp3) is 0.364. The van der Waals surface area contributed by atoms with Crippen LogP contribution in [0.4, 0.5) is 0 Å². The van der Waals surface area contributed by atoms with E-state index in [1.165, 1.54) is 0 Å². The molecular formula is C11H18O3. The van der Waals surface area contributed by atoms with Gasteiger partial charge in [-0.25, -0.2) is 4.79 Å². The maximum atomic E-state index is 9.86. The van der Waals surface area contributed by atoms with E-state index in [0.29, 0.717) is 18.8 Å². The van der Waals surface area contributed by atoms with Gasteiger partial charge in [-0.1, -0.05) is 18.2 Å². The molecule has 0 aromatic carbocycles. The molecular weight excluding hydrogens is 180 g/mol. The lowest BCUT2D eigenvalue weighted by atomic mass is 10.3. The predicted molar refractivity (Wildman–Crippen MR) is 58.3 cm³/mol. The standard InChI is InChI=1S/C6H10O.C5H8O2/c1-3-5-7-6-4-2;1-3-4(2)5(6)7/h3-4H,1-2,5-6H2;3H,1-2H3,(H,6,7). The van der Waals surface area contributed by atoms with Crippen LogP contribution >= 0.6 is 0 Å². The van der Waals surface area contributed by atoms with Crippen LogP contribution in [0.3, 0.4) is 0 Å². The van der Waals surface area contributed by atoms with E-state index in [9.17, 15) is 4.79 Å². The molecule has 14 heavy (non-hydrogen) atoms. The molecule has 0 atom stereocenters. The minimum absolute atomic E-state index is 0.389. The van der Waals surface area contributed by atoms with E-state index >= 15 is 0 Å². The van der Waals surface area contributed by atoms with Crippen molar-refractivity contribution in [2.75, 3.05) is 13.2 Å². The van der Waals surface area contributed by atoms with Crippen LogP contribution in [0, 0.1) is 0 Å². The minimum Gasteiger partial charge on any atom is -0.478 e. The number of allylic oxidation sites excluding steroid dienone is 1. The monoisotopic (exact) mass is 198 g/mol. The summed E-state index contributed by atoms with van der Waals surface area (Å²) < 4.78 is 4.90. The molecule has 1 N–H and O–H groups in total. The van der Waals surface area contributed by atoms with Gasteiger partial charge in [0.05, 0.1) is 13.2 Å². The van der Waals surface area contributed by atoms with Crippen LogP contribution in [0.25, 0.3) is 0 Å². The third-order valence-electron chi connectivity index (χ3n) is 1.24. The van der Waals surface area contributed by atoms with Crippen molar-refractivity contribution in [1.82, 2.24) is 0 Å². The van der Waals surface area contributed by atoms with Gasteiger partial charge in [-0.2, -0.15) is 0 Å². The first-order valence-corrected chi connectivity index (χ1v) is 4.25. The molecule has 0 amide bonds. The number of hydrogen-bond donors (Lipinski definition) is 1. The van der Waals surface area contributed by atoms with Gasteiger partial charge in [-0.05, 0) is 13.8 Å². The summed E-state index contributed by atoms with van der Waals surface area (Å²) in [4.78, 5) is 9.86. The van der Waals surface area contributed by atoms with Crippen molar-refractivity contribution >= 4 is 5.97 Å². The van der Waals surface area contributed by atoms with Gasteiger partial charge in [0.25, 0.3) is 0 Å². The van der Waals surface area contributed by atoms with Crippen molar-refractivity contribution < 1.29 is 14.6 Å². The topological polar surface area (TPSA) is 46.5 Å². The Morgan fingerprint density at radius 1 is 1.36 bits per heavy atom. The Morgan fingerprint density at radius 3 is 1.93 bits per heavy atom. The summed E-state index contributed by atoms with van der Waals surface area (Å²) in [6.45, 7) is 11.4. The summed E-state index contributed by atoms with van der Waals surface area (Å²) in [5.74, 6) is -0.845. The summed E-state index contributed by atoms with van der Waals surface area (Å²) in [6.07, 6.45) is 4.98. The van der Waals surface area contributed by atoms with Crippen LogP contribution in [0.1, 0.15) is 13.8 Å². The number of aliphatic carboxylic acids is 1. The zero-order valence-electron chi connectivity index (χ0n) is 8.82. The minimum atomic E-state index is -0.845. The fourth-order valence-electron chi connectivity index (χ4n) is 0.358. The Bertz CT molecular complexity index is 197. The van der Waals surface area contributed by atoms with Crippen molar-refractivity contribution in [3.05, 3.63) is 37.0 Å². The molecule has 0 unspecified atom stereocenters. The number of carbonyl (C=O) groups is 1. The Labute approximate surface area is 85.4 Å². The molecule has 3 nitrogen and oxygen atoms in total. The number of rotatable bonds is 5. The molecule has 3 heteroatoms. The van der Waals surface area contributed by atoms with E-state index in [0.717, 1.165) is 0 Å². The Hall–Kier alpha value is -1.35. The highest BCUT2D eigenvalue weighted by Crippen LogP contribution is 1.87. The fourth-order valence-corrected chi connectivity index (χ4v) is 0.358. The second-order valence-electron chi connectivity index (χ2n) is 2.39. The lowest BCUT2D eigenvalue weighted by Gasteiger charge is -1.89. The van der Waals surface area contributed by atoms with Gasteiger partial charge in [-0.3, -0.25) is 0 Å². The van der Waals surface area contributed by atoms with Crippen LogP contribution in [-0.4, -0.2) is 24.3 Å². The zero-order valence-corrected chi connectivity index (χ0v) is 8.82. The number of ether oxygens (including phenoxy) is 1. The van der Waals surface area contributed by atoms with E-state index in [1.807, 2.05) is 0 Å². The summed E-state index contributed by atoms with van der Waals surface area (Å²) in [5.41, 5.74) is 0.389. The lowest BCUT2D eigenvalue weighted by Crippen LogP contribution is -1.93. The maximum Gasteiger partial charge on any atom is 0.330 e. The molecule has 0 bridgehead atoms. The van der Waals surface area contributed by atoms with Gasteiger partial charge in [0.2, 0.25) is 0 Å². The highest BCUT2D eigenvalue weighted by Gasteiger charge is 1.93. The Balaban J connectivity index is 0. The summed E-state index contributed by atoms with van der Waals surface area (Å²) in [5, 5.41) is 8.11. The molecule has 0 saturated carbocycles. The molecule has 0 aromatic rings. The van der Waals surface area contributed by atoms with Gasteiger partial charge in [0.15, 0.2) is 0 Å². The third kappa shape index (κ3) is 13.3. The molecule has 0 fully saturated rings. The molecule has 0 radical (unpaired) electrons. The average molecular weight is 198 g/mol. The SMILES string of the molecule is C=CCOCC=C.CC=C(C)C(=O)O. The van der Waals surface area contributed by atoms with Gasteiger partial charge >= 0.3 is 5.97 Å². The summed E-state index contributed by atoms with van der Waals surface area (Å²) >= 11 is 0. The smallest absolute Gasteiger partial charge is 0.330 e. The summed E-state index contributed by atoms with van der Waals surface area (Å²) in [7, 11) is 0. The lowest BCUT2D eigenvalue weighted by molar-refractivity contribution is -0.132. The van der Waals surface area contributed by atoms with Crippen LogP contribution in [0.15, 0.2) is 37.0 Å². The third-order valence-corrected chi connectivity index (χ3v) is 1.24. The first-order chi connectivity index (χ1) is 6.59. The molecule has 0 heterocycles. The van der Waals surface area contributed by atoms with Crippen molar-refractivity contribution in [2.45, 2.75) is 13.8 Å². The number of carboxylic acid groups (broad SMARTS) is 1. The molecule has 0 aliphatic rings. The highest BCUT2D eigenvalue weighted by molar-refractivity contribution is 5.85. The van der Waals surface area contributed by atoms with Crippen molar-refractivity contribution in [3.63, 3.8) is 0 Å². The molecule has 0 aromatic heterocycles. The molecule has 0 aliphatic heterocycles. The van der Waals surface area contributed by atoms with Crippen molar-refractivity contribution in [2.24, 2.45) is 0 Å². The summed E-state index contributed by atoms with van der Waals surface area (Å²) in [6, 6.07) is 0. The van der Waals surface area contributed by atoms with E-state index < -0.39 is 5.97 Å². The van der Waals surface area contributed by atoms with Crippen LogP contribution in [0.2, 0.25) is 0 Å². The average Bonchev–Trinajstić information content (AvgIpc) is 2.18. The van der Waals surface area contributed by atoms with E-state index in [-0.39, 0.29) is 0 Å². The first-order valence-electron chi connectivity index (χ1n) is 4.25. The Morgan fingerprint density at radius 2 is 1.79 bits per heavy atom. The normalized spacial score (nSPS) is 9.71. The van der Waals surface area contributed by atoms with Gasteiger partial charge in [0.1, 0.15) is 0 Å². The van der Waals surface area contributed by atoms with Gasteiger partial charge in [-0.15, -0.1) is 13.2 Å². The van der Waals surface area contributed by atoms with E-state index in [1.54, 1.807) is 32.1 Å². The second kappa shape index (κ2) is 11.6. The van der Waals surface area contributed by atoms with Gasteiger partial charge in [0, 0.05) is 5.57 Å². The number of carboxylic acids is 1. The van der Waals surface area contributed by atoms with E-state index in [2.05, 4.69) is 13.2 Å². The highest BCUT2D eigenvalue weighted by atomic mass is 16.5. The number of hydrogen-bond acceptors (Lipinski definition) is 2. The first kappa shape index (κ1) is 15.1. The van der Waals surface area contributed by atoms with Crippen LogP contribution in [0.5, 0.6) is 0 Å². The van der Waals surface area contributed by atoms with Crippen LogP contribution < -0.4 is 0 Å². The molecule has 0 rings (SSSR count). The quantitative estimate of drug-likeness (QED) is 0.419.